The lowest BCUT2D eigenvalue weighted by Crippen LogP contribution is -2.28. The second-order valence-electron chi connectivity index (χ2n) is 5.53. The fraction of sp³-hybridized carbons (Fsp3) is 0.400. The minimum absolute atomic E-state index is 0.403. The predicted molar refractivity (Wildman–Crippen MR) is 89.4 cm³/mol. The van der Waals surface area contributed by atoms with E-state index in [1.165, 1.54) is 17.9 Å². The van der Waals surface area contributed by atoms with Crippen LogP contribution in [0.25, 0.3) is 0 Å². The molecule has 1 aliphatic carbocycles. The molecule has 2 heterocycles. The van der Waals surface area contributed by atoms with E-state index in [0.717, 1.165) is 12.8 Å². The first-order chi connectivity index (χ1) is 11.2. The topological polar surface area (TPSA) is 115 Å². The van der Waals surface area contributed by atoms with Crippen molar-refractivity contribution in [2.24, 2.45) is 5.84 Å². The number of hydrogen-bond acceptors (Lipinski definition) is 8. The molecule has 1 aliphatic rings. The fourth-order valence-corrected chi connectivity index (χ4v) is 2.66. The van der Waals surface area contributed by atoms with E-state index < -0.39 is 0 Å². The number of rotatable bonds is 5. The van der Waals surface area contributed by atoms with Gasteiger partial charge in [-0.15, -0.1) is 0 Å². The third-order valence-electron chi connectivity index (χ3n) is 3.92. The molecule has 0 amide bonds. The van der Waals surface area contributed by atoms with Gasteiger partial charge in [-0.25, -0.2) is 15.8 Å². The van der Waals surface area contributed by atoms with Crippen LogP contribution in [-0.4, -0.2) is 28.1 Å². The number of nitrogen functional groups attached to an aromatic ring is 1. The zero-order valence-corrected chi connectivity index (χ0v) is 13.1. The van der Waals surface area contributed by atoms with E-state index in [1.807, 2.05) is 0 Å². The van der Waals surface area contributed by atoms with Gasteiger partial charge in [0.1, 0.15) is 0 Å². The van der Waals surface area contributed by atoms with E-state index in [0.29, 0.717) is 35.1 Å². The quantitative estimate of drug-likeness (QED) is 0.565. The Morgan fingerprint density at radius 2 is 2.00 bits per heavy atom. The lowest BCUT2D eigenvalue weighted by molar-refractivity contribution is 0.398. The van der Waals surface area contributed by atoms with Gasteiger partial charge in [0.15, 0.2) is 5.82 Å². The highest BCUT2D eigenvalue weighted by atomic mass is 16.5. The molecule has 1 fully saturated rings. The Morgan fingerprint density at radius 1 is 1.22 bits per heavy atom. The number of hydrazine groups is 1. The largest absolute Gasteiger partial charge is 0.481 e. The van der Waals surface area contributed by atoms with Gasteiger partial charge in [-0.3, -0.25) is 5.01 Å². The summed E-state index contributed by atoms with van der Waals surface area (Å²) < 4.78 is 5.04. The Balaban J connectivity index is 1.81. The maximum absolute atomic E-state index is 6.14. The molecule has 23 heavy (non-hydrogen) atoms. The van der Waals surface area contributed by atoms with Gasteiger partial charge in [0.25, 0.3) is 0 Å². The van der Waals surface area contributed by atoms with Gasteiger partial charge < -0.3 is 15.8 Å². The summed E-state index contributed by atoms with van der Waals surface area (Å²) in [6, 6.07) is 3.93. The maximum Gasteiger partial charge on any atom is 0.225 e. The van der Waals surface area contributed by atoms with Crippen molar-refractivity contribution >= 4 is 23.1 Å². The van der Waals surface area contributed by atoms with Crippen molar-refractivity contribution in [1.82, 2.24) is 15.0 Å². The predicted octanol–water partition coefficient (Wildman–Crippen LogP) is 1.83. The molecule has 0 atom stereocenters. The van der Waals surface area contributed by atoms with E-state index in [2.05, 4.69) is 20.3 Å². The summed E-state index contributed by atoms with van der Waals surface area (Å²) in [6.07, 6.45) is 7.91. The van der Waals surface area contributed by atoms with Crippen LogP contribution >= 0.6 is 0 Å². The molecule has 3 rings (SSSR count). The molecule has 8 nitrogen and oxygen atoms in total. The summed E-state index contributed by atoms with van der Waals surface area (Å²) in [4.78, 5) is 12.8. The zero-order chi connectivity index (χ0) is 16.2. The van der Waals surface area contributed by atoms with Crippen molar-refractivity contribution in [3.63, 3.8) is 0 Å². The molecule has 0 unspecified atom stereocenters. The second kappa shape index (κ2) is 6.66. The Hall–Kier alpha value is -2.61. The molecule has 2 aromatic rings. The summed E-state index contributed by atoms with van der Waals surface area (Å²) in [7, 11) is 1.56. The average Bonchev–Trinajstić information content (AvgIpc) is 3.09. The van der Waals surface area contributed by atoms with Crippen LogP contribution in [-0.2, 0) is 0 Å². The molecule has 2 aromatic heterocycles. The van der Waals surface area contributed by atoms with Gasteiger partial charge in [-0.2, -0.15) is 4.98 Å². The number of pyridine rings is 1. The molecule has 122 valence electrons. The maximum atomic E-state index is 6.14. The number of nitrogens with two attached hydrogens (primary N) is 2. The van der Waals surface area contributed by atoms with Gasteiger partial charge in [0, 0.05) is 12.1 Å². The highest BCUT2D eigenvalue weighted by Gasteiger charge is 2.18. The van der Waals surface area contributed by atoms with E-state index in [1.54, 1.807) is 31.6 Å². The Labute approximate surface area is 134 Å². The molecule has 0 spiro atoms. The van der Waals surface area contributed by atoms with Crippen LogP contribution in [0, 0.1) is 0 Å². The number of methoxy groups -OCH3 is 1. The molecule has 0 aromatic carbocycles. The van der Waals surface area contributed by atoms with Gasteiger partial charge in [0.2, 0.25) is 11.8 Å². The third kappa shape index (κ3) is 3.42. The van der Waals surface area contributed by atoms with Crippen LogP contribution in [0.1, 0.15) is 25.7 Å². The first kappa shape index (κ1) is 15.3. The van der Waals surface area contributed by atoms with Crippen LogP contribution in [0.3, 0.4) is 0 Å². The first-order valence-electron chi connectivity index (χ1n) is 7.61. The van der Waals surface area contributed by atoms with Crippen LogP contribution in [0.5, 0.6) is 5.88 Å². The molecular formula is C15H21N7O. The molecule has 5 N–H and O–H groups in total. The number of nitrogens with one attached hydrogen (secondary N) is 1. The standard InChI is InChI=1S/C15H21N7O/c1-23-13-7-6-11(8-18-13)22(17)14-12(16)9-19-15(21-14)20-10-4-2-3-5-10/h6-10H,2-5,16-17H2,1H3,(H,19,20,21). The minimum atomic E-state index is 0.403. The van der Waals surface area contributed by atoms with Crippen molar-refractivity contribution in [3.05, 3.63) is 24.5 Å². The number of ether oxygens (including phenoxy) is 1. The van der Waals surface area contributed by atoms with Crippen molar-refractivity contribution in [2.45, 2.75) is 31.7 Å². The van der Waals surface area contributed by atoms with Gasteiger partial charge in [0.05, 0.1) is 30.9 Å². The molecule has 8 heteroatoms. The van der Waals surface area contributed by atoms with E-state index in [9.17, 15) is 0 Å². The second-order valence-corrected chi connectivity index (χ2v) is 5.53. The number of hydrogen-bond donors (Lipinski definition) is 3. The summed E-state index contributed by atoms with van der Waals surface area (Å²) in [6.45, 7) is 0. The van der Waals surface area contributed by atoms with Gasteiger partial charge >= 0.3 is 0 Å². The van der Waals surface area contributed by atoms with Crippen LogP contribution in [0.4, 0.5) is 23.1 Å². The van der Waals surface area contributed by atoms with Crippen molar-refractivity contribution in [1.29, 1.82) is 0 Å². The zero-order valence-electron chi connectivity index (χ0n) is 13.1. The molecular weight excluding hydrogens is 294 g/mol. The van der Waals surface area contributed by atoms with Gasteiger partial charge in [-0.1, -0.05) is 12.8 Å². The first-order valence-corrected chi connectivity index (χ1v) is 7.61. The van der Waals surface area contributed by atoms with Crippen molar-refractivity contribution in [3.8, 4) is 5.88 Å². The third-order valence-corrected chi connectivity index (χ3v) is 3.92. The van der Waals surface area contributed by atoms with E-state index >= 15 is 0 Å². The normalized spacial score (nSPS) is 14.7. The van der Waals surface area contributed by atoms with E-state index in [-0.39, 0.29) is 0 Å². The van der Waals surface area contributed by atoms with Crippen molar-refractivity contribution in [2.75, 3.05) is 23.2 Å². The van der Waals surface area contributed by atoms with Crippen LogP contribution in [0.15, 0.2) is 24.5 Å². The average molecular weight is 315 g/mol. The Bertz CT molecular complexity index is 655. The van der Waals surface area contributed by atoms with E-state index in [4.69, 9.17) is 16.3 Å². The Kier molecular flexibility index (Phi) is 4.42. The summed E-state index contributed by atoms with van der Waals surface area (Å²) in [5, 5.41) is 4.73. The Morgan fingerprint density at radius 3 is 2.65 bits per heavy atom. The van der Waals surface area contributed by atoms with Crippen LogP contribution in [0.2, 0.25) is 0 Å². The lowest BCUT2D eigenvalue weighted by atomic mass is 10.2. The number of anilines is 4. The SMILES string of the molecule is COc1ccc(N(N)c2nc(NC3CCCC3)ncc2N)cn1. The fourth-order valence-electron chi connectivity index (χ4n) is 2.66. The molecule has 0 saturated heterocycles. The molecule has 1 saturated carbocycles. The lowest BCUT2D eigenvalue weighted by Gasteiger charge is -2.20. The highest BCUT2D eigenvalue weighted by Crippen LogP contribution is 2.27. The summed E-state index contributed by atoms with van der Waals surface area (Å²) >= 11 is 0. The molecule has 0 radical (unpaired) electrons. The van der Waals surface area contributed by atoms with Crippen LogP contribution < -0.4 is 26.6 Å². The number of nitrogens with zero attached hydrogens (tertiary/aromatic N) is 4. The number of aromatic nitrogens is 3. The monoisotopic (exact) mass is 315 g/mol. The molecule has 0 bridgehead atoms. The molecule has 0 aliphatic heterocycles. The smallest absolute Gasteiger partial charge is 0.225 e. The highest BCUT2D eigenvalue weighted by molar-refractivity contribution is 5.70. The summed E-state index contributed by atoms with van der Waals surface area (Å²) in [5.41, 5.74) is 7.03. The van der Waals surface area contributed by atoms with Gasteiger partial charge in [-0.05, 0) is 18.9 Å². The minimum Gasteiger partial charge on any atom is -0.481 e. The van der Waals surface area contributed by atoms with Crippen molar-refractivity contribution < 1.29 is 4.74 Å². The summed E-state index contributed by atoms with van der Waals surface area (Å²) in [5.74, 6) is 7.63.